The smallest absolute Gasteiger partial charge is 0.408 e. The van der Waals surface area contributed by atoms with Crippen molar-refractivity contribution in [2.24, 2.45) is 7.05 Å². The Morgan fingerprint density at radius 3 is 2.70 bits per heavy atom. The fraction of sp³-hybridized carbons (Fsp3) is 0.667. The number of carboxylic acids is 1. The lowest BCUT2D eigenvalue weighted by Crippen LogP contribution is -2.57. The average Bonchev–Trinajstić information content (AvgIpc) is 2.95. The molecule has 8 heteroatoms. The van der Waals surface area contributed by atoms with Gasteiger partial charge in [0.05, 0.1) is 5.69 Å². The Hall–Kier alpha value is -2.09. The maximum absolute atomic E-state index is 12.0. The Bertz CT molecular complexity index is 593. The van der Waals surface area contributed by atoms with Gasteiger partial charge in [-0.3, -0.25) is 9.58 Å². The summed E-state index contributed by atoms with van der Waals surface area (Å²) in [5.74, 6) is -1.05. The standard InChI is InChI=1S/C15H24N4O4/c1-14(2,3)23-13(22)16-15(12(20)21)6-8-19(10-15)9-11-5-7-18(4)17-11/h5,7H,6,8-10H2,1-4H3,(H,16,22)(H,20,21). The van der Waals surface area contributed by atoms with Crippen LogP contribution in [0.4, 0.5) is 4.79 Å². The summed E-state index contributed by atoms with van der Waals surface area (Å²) in [5.41, 5.74) is -1.13. The minimum atomic E-state index is -1.32. The predicted octanol–water partition coefficient (Wildman–Crippen LogP) is 0.974. The molecule has 1 aliphatic rings. The zero-order chi connectivity index (χ0) is 17.3. The zero-order valence-electron chi connectivity index (χ0n) is 14.0. The number of amides is 1. The van der Waals surface area contributed by atoms with Crippen LogP contribution in [0.2, 0.25) is 0 Å². The van der Waals surface area contributed by atoms with E-state index < -0.39 is 23.2 Å². The molecule has 1 fully saturated rings. The molecule has 8 nitrogen and oxygen atoms in total. The second kappa shape index (κ2) is 6.19. The summed E-state index contributed by atoms with van der Waals surface area (Å²) in [4.78, 5) is 25.6. The van der Waals surface area contributed by atoms with Crippen LogP contribution in [-0.2, 0) is 23.1 Å². The van der Waals surface area contributed by atoms with Crippen molar-refractivity contribution in [2.75, 3.05) is 13.1 Å². The lowest BCUT2D eigenvalue weighted by atomic mass is 9.99. The van der Waals surface area contributed by atoms with Crippen molar-refractivity contribution in [1.29, 1.82) is 0 Å². The van der Waals surface area contributed by atoms with E-state index in [2.05, 4.69) is 10.4 Å². The first-order valence-electron chi connectivity index (χ1n) is 7.55. The summed E-state index contributed by atoms with van der Waals surface area (Å²) in [6, 6.07) is 1.89. The van der Waals surface area contributed by atoms with Gasteiger partial charge in [0, 0.05) is 32.9 Å². The Balaban J connectivity index is 2.02. The topological polar surface area (TPSA) is 96.7 Å². The number of carbonyl (C=O) groups is 2. The molecular weight excluding hydrogens is 300 g/mol. The van der Waals surface area contributed by atoms with E-state index >= 15 is 0 Å². The van der Waals surface area contributed by atoms with Gasteiger partial charge in [0.25, 0.3) is 0 Å². The highest BCUT2D eigenvalue weighted by Gasteiger charge is 2.47. The number of aromatic nitrogens is 2. The van der Waals surface area contributed by atoms with Crippen LogP contribution in [0.25, 0.3) is 0 Å². The maximum Gasteiger partial charge on any atom is 0.408 e. The van der Waals surface area contributed by atoms with Crippen molar-refractivity contribution in [3.63, 3.8) is 0 Å². The third-order valence-electron chi connectivity index (χ3n) is 3.65. The van der Waals surface area contributed by atoms with Crippen LogP contribution in [-0.4, -0.2) is 56.1 Å². The summed E-state index contributed by atoms with van der Waals surface area (Å²) >= 11 is 0. The first-order chi connectivity index (χ1) is 10.6. The number of ether oxygens (including phenoxy) is 1. The van der Waals surface area contributed by atoms with E-state index in [1.54, 1.807) is 25.5 Å². The summed E-state index contributed by atoms with van der Waals surface area (Å²) < 4.78 is 6.89. The molecule has 0 aromatic carbocycles. The van der Waals surface area contributed by atoms with Gasteiger partial charge in [-0.05, 0) is 33.3 Å². The van der Waals surface area contributed by atoms with Crippen LogP contribution in [0.1, 0.15) is 32.9 Å². The highest BCUT2D eigenvalue weighted by molar-refractivity contribution is 5.85. The Morgan fingerprint density at radius 1 is 1.48 bits per heavy atom. The van der Waals surface area contributed by atoms with Gasteiger partial charge in [0.15, 0.2) is 5.54 Å². The van der Waals surface area contributed by atoms with Crippen LogP contribution in [0, 0.1) is 0 Å². The first-order valence-corrected chi connectivity index (χ1v) is 7.55. The number of rotatable bonds is 4. The van der Waals surface area contributed by atoms with Gasteiger partial charge in [0.1, 0.15) is 5.60 Å². The lowest BCUT2D eigenvalue weighted by molar-refractivity contribution is -0.144. The number of aliphatic carboxylic acids is 1. The Kier molecular flexibility index (Phi) is 4.65. The van der Waals surface area contributed by atoms with Crippen molar-refractivity contribution >= 4 is 12.1 Å². The Labute approximate surface area is 135 Å². The lowest BCUT2D eigenvalue weighted by Gasteiger charge is -2.28. The van der Waals surface area contributed by atoms with E-state index in [1.807, 2.05) is 24.2 Å². The molecule has 0 aliphatic carbocycles. The van der Waals surface area contributed by atoms with Crippen LogP contribution in [0.3, 0.4) is 0 Å². The monoisotopic (exact) mass is 324 g/mol. The highest BCUT2D eigenvalue weighted by atomic mass is 16.6. The number of nitrogens with zero attached hydrogens (tertiary/aromatic N) is 3. The molecule has 23 heavy (non-hydrogen) atoms. The molecule has 1 saturated heterocycles. The van der Waals surface area contributed by atoms with E-state index in [0.717, 1.165) is 5.69 Å². The van der Waals surface area contributed by atoms with Crippen molar-refractivity contribution in [3.05, 3.63) is 18.0 Å². The first kappa shape index (κ1) is 17.3. The molecule has 2 N–H and O–H groups in total. The van der Waals surface area contributed by atoms with E-state index in [4.69, 9.17) is 4.74 Å². The molecule has 1 atom stereocenters. The molecular formula is C15H24N4O4. The quantitative estimate of drug-likeness (QED) is 0.857. The normalized spacial score (nSPS) is 22.1. The molecule has 1 unspecified atom stereocenters. The number of nitrogens with one attached hydrogen (secondary N) is 1. The number of hydrogen-bond acceptors (Lipinski definition) is 5. The van der Waals surface area contributed by atoms with Crippen LogP contribution in [0.15, 0.2) is 12.3 Å². The molecule has 2 heterocycles. The highest BCUT2D eigenvalue weighted by Crippen LogP contribution is 2.24. The number of aryl methyl sites for hydroxylation is 1. The number of alkyl carbamates (subject to hydrolysis) is 1. The van der Waals surface area contributed by atoms with Gasteiger partial charge < -0.3 is 15.2 Å². The molecule has 0 bridgehead atoms. The van der Waals surface area contributed by atoms with Crippen molar-refractivity contribution < 1.29 is 19.4 Å². The molecule has 1 aromatic rings. The predicted molar refractivity (Wildman–Crippen MR) is 82.8 cm³/mol. The maximum atomic E-state index is 12.0. The summed E-state index contributed by atoms with van der Waals surface area (Å²) in [7, 11) is 1.83. The van der Waals surface area contributed by atoms with Gasteiger partial charge in [0.2, 0.25) is 0 Å². The van der Waals surface area contributed by atoms with Gasteiger partial charge in [-0.1, -0.05) is 0 Å². The number of carbonyl (C=O) groups excluding carboxylic acids is 1. The van der Waals surface area contributed by atoms with Crippen molar-refractivity contribution in [3.8, 4) is 0 Å². The SMILES string of the molecule is Cn1ccc(CN2CCC(NC(=O)OC(C)(C)C)(C(=O)O)C2)n1. The fourth-order valence-electron chi connectivity index (χ4n) is 2.63. The van der Waals surface area contributed by atoms with Crippen LogP contribution in [0.5, 0.6) is 0 Å². The second-order valence-corrected chi connectivity index (χ2v) is 6.96. The third kappa shape index (κ3) is 4.44. The molecule has 2 rings (SSSR count). The fourth-order valence-corrected chi connectivity index (χ4v) is 2.63. The van der Waals surface area contributed by atoms with Gasteiger partial charge in [-0.15, -0.1) is 0 Å². The Morgan fingerprint density at radius 2 is 2.17 bits per heavy atom. The van der Waals surface area contributed by atoms with Crippen LogP contribution >= 0.6 is 0 Å². The minimum Gasteiger partial charge on any atom is -0.479 e. The zero-order valence-corrected chi connectivity index (χ0v) is 14.0. The summed E-state index contributed by atoms with van der Waals surface area (Å²) in [5, 5.41) is 16.4. The van der Waals surface area contributed by atoms with E-state index in [9.17, 15) is 14.7 Å². The van der Waals surface area contributed by atoms with E-state index in [0.29, 0.717) is 19.5 Å². The molecule has 0 saturated carbocycles. The van der Waals surface area contributed by atoms with Crippen molar-refractivity contribution in [1.82, 2.24) is 20.0 Å². The number of likely N-dealkylation sites (tertiary alicyclic amines) is 1. The number of carboxylic acid groups (broad SMARTS) is 1. The third-order valence-corrected chi connectivity index (χ3v) is 3.65. The molecule has 1 aromatic heterocycles. The second-order valence-electron chi connectivity index (χ2n) is 6.96. The van der Waals surface area contributed by atoms with Gasteiger partial charge in [-0.25, -0.2) is 9.59 Å². The van der Waals surface area contributed by atoms with Crippen LogP contribution < -0.4 is 5.32 Å². The molecule has 1 aliphatic heterocycles. The molecule has 0 spiro atoms. The summed E-state index contributed by atoms with van der Waals surface area (Å²) in [6.45, 7) is 6.55. The van der Waals surface area contributed by atoms with E-state index in [1.165, 1.54) is 0 Å². The largest absolute Gasteiger partial charge is 0.479 e. The average molecular weight is 324 g/mol. The number of hydrogen-bond donors (Lipinski definition) is 2. The minimum absolute atomic E-state index is 0.220. The van der Waals surface area contributed by atoms with E-state index in [-0.39, 0.29) is 6.54 Å². The van der Waals surface area contributed by atoms with Crippen molar-refractivity contribution in [2.45, 2.75) is 44.9 Å². The van der Waals surface area contributed by atoms with Gasteiger partial charge in [-0.2, -0.15) is 5.10 Å². The summed E-state index contributed by atoms with van der Waals surface area (Å²) in [6.07, 6.45) is 1.46. The molecule has 128 valence electrons. The van der Waals surface area contributed by atoms with Gasteiger partial charge >= 0.3 is 12.1 Å². The molecule has 1 amide bonds. The molecule has 0 radical (unpaired) electrons.